The van der Waals surface area contributed by atoms with Gasteiger partial charge in [0.25, 0.3) is 0 Å². The third-order valence-corrected chi connectivity index (χ3v) is 4.12. The van der Waals surface area contributed by atoms with Crippen molar-refractivity contribution in [1.82, 2.24) is 0 Å². The zero-order chi connectivity index (χ0) is 18.4. The van der Waals surface area contributed by atoms with Crippen molar-refractivity contribution in [2.75, 3.05) is 6.61 Å². The van der Waals surface area contributed by atoms with Crippen LogP contribution in [-0.4, -0.2) is 12.6 Å². The van der Waals surface area contributed by atoms with Gasteiger partial charge in [-0.25, -0.2) is 4.79 Å². The molecule has 3 nitrogen and oxygen atoms in total. The van der Waals surface area contributed by atoms with Gasteiger partial charge < -0.3 is 9.47 Å². The fourth-order valence-electron chi connectivity index (χ4n) is 2.73. The van der Waals surface area contributed by atoms with E-state index in [1.54, 1.807) is 6.92 Å². The maximum absolute atomic E-state index is 12.3. The number of benzene rings is 3. The van der Waals surface area contributed by atoms with Crippen LogP contribution in [0.25, 0.3) is 11.1 Å². The molecule has 0 atom stereocenters. The Morgan fingerprint density at radius 1 is 0.885 bits per heavy atom. The lowest BCUT2D eigenvalue weighted by molar-refractivity contribution is 0.0523. The highest BCUT2D eigenvalue weighted by Crippen LogP contribution is 2.24. The summed E-state index contributed by atoms with van der Waals surface area (Å²) >= 11 is 0. The second kappa shape index (κ2) is 8.34. The maximum atomic E-state index is 12.3. The first-order valence-electron chi connectivity index (χ1n) is 8.72. The molecule has 0 heterocycles. The Kier molecular flexibility index (Phi) is 5.69. The third-order valence-electron chi connectivity index (χ3n) is 4.12. The first-order chi connectivity index (χ1) is 12.7. The van der Waals surface area contributed by atoms with Gasteiger partial charge in [-0.2, -0.15) is 0 Å². The highest BCUT2D eigenvalue weighted by atomic mass is 16.5. The van der Waals surface area contributed by atoms with Crippen LogP contribution < -0.4 is 4.74 Å². The molecule has 0 radical (unpaired) electrons. The minimum atomic E-state index is -0.324. The summed E-state index contributed by atoms with van der Waals surface area (Å²) in [6.07, 6.45) is 0. The number of esters is 1. The molecule has 0 aliphatic heterocycles. The fourth-order valence-corrected chi connectivity index (χ4v) is 2.73. The normalized spacial score (nSPS) is 10.4. The van der Waals surface area contributed by atoms with Gasteiger partial charge in [-0.05, 0) is 49.2 Å². The van der Waals surface area contributed by atoms with E-state index < -0.39 is 0 Å². The number of aryl methyl sites for hydroxylation is 1. The number of carbonyl (C=O) groups is 1. The Morgan fingerprint density at radius 3 is 2.31 bits per heavy atom. The van der Waals surface area contributed by atoms with Crippen LogP contribution in [0.3, 0.4) is 0 Å². The van der Waals surface area contributed by atoms with Crippen LogP contribution >= 0.6 is 0 Å². The van der Waals surface area contributed by atoms with Crippen LogP contribution in [-0.2, 0) is 11.3 Å². The third kappa shape index (κ3) is 4.31. The largest absolute Gasteiger partial charge is 0.489 e. The molecule has 0 aromatic heterocycles. The highest BCUT2D eigenvalue weighted by molar-refractivity contribution is 5.92. The number of hydrogen-bond donors (Lipinski definition) is 0. The van der Waals surface area contributed by atoms with Crippen molar-refractivity contribution in [2.45, 2.75) is 20.5 Å². The minimum Gasteiger partial charge on any atom is -0.489 e. The molecule has 0 N–H and O–H groups in total. The summed E-state index contributed by atoms with van der Waals surface area (Å²) in [4.78, 5) is 12.3. The van der Waals surface area contributed by atoms with E-state index in [2.05, 4.69) is 0 Å². The molecule has 0 aliphatic rings. The number of ether oxygens (including phenoxy) is 2. The summed E-state index contributed by atoms with van der Waals surface area (Å²) < 4.78 is 11.1. The van der Waals surface area contributed by atoms with Gasteiger partial charge in [0.05, 0.1) is 12.2 Å². The zero-order valence-corrected chi connectivity index (χ0v) is 15.1. The Balaban J connectivity index is 1.90. The summed E-state index contributed by atoms with van der Waals surface area (Å²) in [7, 11) is 0. The van der Waals surface area contributed by atoms with Crippen molar-refractivity contribution >= 4 is 5.97 Å². The van der Waals surface area contributed by atoms with Crippen LogP contribution in [0.2, 0.25) is 0 Å². The van der Waals surface area contributed by atoms with Gasteiger partial charge in [0, 0.05) is 5.56 Å². The standard InChI is InChI=1S/C23H22O3/c1-3-25-23(24)22-14-11-19(18-7-5-4-6-8-18)15-20(22)16-26-21-12-9-17(2)10-13-21/h4-15H,3,16H2,1-2H3. The fraction of sp³-hybridized carbons (Fsp3) is 0.174. The van der Waals surface area contributed by atoms with E-state index in [1.165, 1.54) is 5.56 Å². The smallest absolute Gasteiger partial charge is 0.338 e. The van der Waals surface area contributed by atoms with Crippen molar-refractivity contribution in [3.8, 4) is 16.9 Å². The van der Waals surface area contributed by atoms with Crippen LogP contribution in [0.5, 0.6) is 5.75 Å². The topological polar surface area (TPSA) is 35.5 Å². The second-order valence-electron chi connectivity index (χ2n) is 6.06. The Hall–Kier alpha value is -3.07. The SMILES string of the molecule is CCOC(=O)c1ccc(-c2ccccc2)cc1COc1ccc(C)cc1. The maximum Gasteiger partial charge on any atom is 0.338 e. The first-order valence-corrected chi connectivity index (χ1v) is 8.72. The molecule has 0 amide bonds. The van der Waals surface area contributed by atoms with Crippen LogP contribution in [0.1, 0.15) is 28.4 Å². The molecule has 3 rings (SSSR count). The Bertz CT molecular complexity index is 868. The summed E-state index contributed by atoms with van der Waals surface area (Å²) in [5.74, 6) is 0.449. The van der Waals surface area contributed by atoms with E-state index in [4.69, 9.17) is 9.47 Å². The van der Waals surface area contributed by atoms with Crippen molar-refractivity contribution in [1.29, 1.82) is 0 Å². The average molecular weight is 346 g/mol. The van der Waals surface area contributed by atoms with Gasteiger partial charge >= 0.3 is 5.97 Å². The van der Waals surface area contributed by atoms with E-state index >= 15 is 0 Å². The molecule has 0 bridgehead atoms. The van der Waals surface area contributed by atoms with E-state index in [-0.39, 0.29) is 5.97 Å². The average Bonchev–Trinajstić information content (AvgIpc) is 2.68. The van der Waals surface area contributed by atoms with Crippen LogP contribution in [0.15, 0.2) is 72.8 Å². The molecule has 3 aromatic carbocycles. The van der Waals surface area contributed by atoms with Gasteiger partial charge in [-0.1, -0.05) is 54.1 Å². The molecule has 0 saturated carbocycles. The molecule has 0 fully saturated rings. The lowest BCUT2D eigenvalue weighted by Crippen LogP contribution is -2.10. The lowest BCUT2D eigenvalue weighted by Gasteiger charge is -2.13. The predicted octanol–water partition coefficient (Wildman–Crippen LogP) is 5.42. The van der Waals surface area contributed by atoms with E-state index in [1.807, 2.05) is 79.7 Å². The van der Waals surface area contributed by atoms with Gasteiger partial charge in [0.2, 0.25) is 0 Å². The van der Waals surface area contributed by atoms with Crippen molar-refractivity contribution in [2.24, 2.45) is 0 Å². The number of hydrogen-bond acceptors (Lipinski definition) is 3. The Morgan fingerprint density at radius 2 is 1.62 bits per heavy atom. The number of carbonyl (C=O) groups excluding carboxylic acids is 1. The minimum absolute atomic E-state index is 0.303. The monoisotopic (exact) mass is 346 g/mol. The van der Waals surface area contributed by atoms with E-state index in [0.717, 1.165) is 22.4 Å². The second-order valence-corrected chi connectivity index (χ2v) is 6.06. The lowest BCUT2D eigenvalue weighted by atomic mass is 9.99. The molecule has 3 heteroatoms. The summed E-state index contributed by atoms with van der Waals surface area (Å²) in [6, 6.07) is 23.7. The molecule has 0 saturated heterocycles. The van der Waals surface area contributed by atoms with Gasteiger partial charge in [-0.15, -0.1) is 0 Å². The molecule has 26 heavy (non-hydrogen) atoms. The zero-order valence-electron chi connectivity index (χ0n) is 15.1. The quantitative estimate of drug-likeness (QED) is 0.559. The van der Waals surface area contributed by atoms with E-state index in [9.17, 15) is 4.79 Å². The van der Waals surface area contributed by atoms with Gasteiger partial charge in [-0.3, -0.25) is 0 Å². The first kappa shape index (κ1) is 17.7. The van der Waals surface area contributed by atoms with Crippen molar-refractivity contribution in [3.63, 3.8) is 0 Å². The van der Waals surface area contributed by atoms with Crippen molar-refractivity contribution < 1.29 is 14.3 Å². The molecule has 132 valence electrons. The molecule has 0 aliphatic carbocycles. The molecular weight excluding hydrogens is 324 g/mol. The van der Waals surface area contributed by atoms with Gasteiger partial charge in [0.15, 0.2) is 0 Å². The highest BCUT2D eigenvalue weighted by Gasteiger charge is 2.14. The molecular formula is C23H22O3. The summed E-state index contributed by atoms with van der Waals surface area (Å²) in [5.41, 5.74) is 4.67. The Labute approximate surface area is 154 Å². The molecule has 0 spiro atoms. The number of rotatable bonds is 6. The molecule has 3 aromatic rings. The molecule has 0 unspecified atom stereocenters. The van der Waals surface area contributed by atoms with Crippen LogP contribution in [0, 0.1) is 6.92 Å². The van der Waals surface area contributed by atoms with Gasteiger partial charge in [0.1, 0.15) is 12.4 Å². The summed E-state index contributed by atoms with van der Waals surface area (Å²) in [6.45, 7) is 4.49. The predicted molar refractivity (Wildman–Crippen MR) is 103 cm³/mol. The summed E-state index contributed by atoms with van der Waals surface area (Å²) in [5, 5.41) is 0. The van der Waals surface area contributed by atoms with Crippen molar-refractivity contribution in [3.05, 3.63) is 89.5 Å². The van der Waals surface area contributed by atoms with E-state index in [0.29, 0.717) is 18.8 Å². The van der Waals surface area contributed by atoms with Crippen LogP contribution in [0.4, 0.5) is 0 Å².